The van der Waals surface area contributed by atoms with Gasteiger partial charge in [0.15, 0.2) is 10.9 Å². The number of hydrogen-bond donors (Lipinski definition) is 0. The van der Waals surface area contributed by atoms with Gasteiger partial charge in [0.25, 0.3) is 0 Å². The number of ketones is 1. The van der Waals surface area contributed by atoms with E-state index in [2.05, 4.69) is 9.97 Å². The molecule has 8 heteroatoms. The second kappa shape index (κ2) is 6.00. The van der Waals surface area contributed by atoms with Crippen LogP contribution in [0.4, 0.5) is 13.2 Å². The van der Waals surface area contributed by atoms with E-state index in [1.807, 2.05) is 0 Å². The predicted octanol–water partition coefficient (Wildman–Crippen LogP) is 4.37. The molecule has 116 valence electrons. The fourth-order valence-corrected chi connectivity index (χ4v) is 3.84. The van der Waals surface area contributed by atoms with E-state index >= 15 is 0 Å². The summed E-state index contributed by atoms with van der Waals surface area (Å²) in [6, 6.07) is 1.15. The SMILES string of the molecule is O=C1CCCc2nc(SCc3csc(C(F)(F)F)c3)ncc21. The van der Waals surface area contributed by atoms with Crippen molar-refractivity contribution in [2.45, 2.75) is 36.3 Å². The highest BCUT2D eigenvalue weighted by molar-refractivity contribution is 7.98. The molecule has 0 unspecified atom stereocenters. The van der Waals surface area contributed by atoms with Crippen LogP contribution in [0.1, 0.15) is 39.3 Å². The Kier molecular flexibility index (Phi) is 4.22. The molecule has 22 heavy (non-hydrogen) atoms. The molecule has 0 spiro atoms. The average molecular weight is 344 g/mol. The van der Waals surface area contributed by atoms with Crippen molar-refractivity contribution in [3.05, 3.63) is 39.3 Å². The first-order valence-electron chi connectivity index (χ1n) is 6.60. The molecule has 1 aliphatic carbocycles. The summed E-state index contributed by atoms with van der Waals surface area (Å²) in [4.78, 5) is 19.6. The van der Waals surface area contributed by atoms with Crippen molar-refractivity contribution in [3.63, 3.8) is 0 Å². The molecule has 0 atom stereocenters. The largest absolute Gasteiger partial charge is 0.425 e. The summed E-state index contributed by atoms with van der Waals surface area (Å²) in [5.74, 6) is 0.435. The maximum Gasteiger partial charge on any atom is 0.425 e. The van der Waals surface area contributed by atoms with Crippen molar-refractivity contribution in [2.75, 3.05) is 0 Å². The Morgan fingerprint density at radius 1 is 1.32 bits per heavy atom. The first-order chi connectivity index (χ1) is 10.4. The van der Waals surface area contributed by atoms with Crippen LogP contribution in [0, 0.1) is 0 Å². The third kappa shape index (κ3) is 3.33. The third-order valence-corrected chi connectivity index (χ3v) is 5.22. The minimum atomic E-state index is -4.30. The van der Waals surface area contributed by atoms with Gasteiger partial charge in [-0.1, -0.05) is 11.8 Å². The van der Waals surface area contributed by atoms with Crippen LogP contribution in [0.25, 0.3) is 0 Å². The van der Waals surface area contributed by atoms with Crippen LogP contribution in [0.3, 0.4) is 0 Å². The molecule has 0 aromatic carbocycles. The Morgan fingerprint density at radius 2 is 2.14 bits per heavy atom. The van der Waals surface area contributed by atoms with E-state index in [-0.39, 0.29) is 5.78 Å². The van der Waals surface area contributed by atoms with Crippen LogP contribution < -0.4 is 0 Å². The number of hydrogen-bond acceptors (Lipinski definition) is 5. The van der Waals surface area contributed by atoms with Crippen LogP contribution in [0.5, 0.6) is 0 Å². The number of halogens is 3. The highest BCUT2D eigenvalue weighted by Gasteiger charge is 2.32. The lowest BCUT2D eigenvalue weighted by Gasteiger charge is -2.13. The molecule has 2 heterocycles. The van der Waals surface area contributed by atoms with E-state index in [4.69, 9.17) is 0 Å². The van der Waals surface area contributed by atoms with E-state index in [0.717, 1.165) is 24.6 Å². The number of rotatable bonds is 3. The highest BCUT2D eigenvalue weighted by atomic mass is 32.2. The number of thiophene rings is 1. The maximum absolute atomic E-state index is 12.5. The molecule has 0 saturated carbocycles. The molecular formula is C14H11F3N2OS2. The lowest BCUT2D eigenvalue weighted by molar-refractivity contribution is -0.134. The maximum atomic E-state index is 12.5. The summed E-state index contributed by atoms with van der Waals surface area (Å²) in [6.45, 7) is 0. The second-order valence-electron chi connectivity index (χ2n) is 4.90. The molecule has 1 aliphatic rings. The molecule has 0 saturated heterocycles. The van der Waals surface area contributed by atoms with E-state index < -0.39 is 11.1 Å². The quantitative estimate of drug-likeness (QED) is 0.613. The van der Waals surface area contributed by atoms with Crippen LogP contribution >= 0.6 is 23.1 Å². The zero-order chi connectivity index (χ0) is 15.7. The molecule has 3 rings (SSSR count). The van der Waals surface area contributed by atoms with Crippen molar-refractivity contribution >= 4 is 28.9 Å². The molecule has 2 aromatic heterocycles. The number of carbonyl (C=O) groups is 1. The Morgan fingerprint density at radius 3 is 2.86 bits per heavy atom. The van der Waals surface area contributed by atoms with Crippen LogP contribution in [-0.2, 0) is 18.3 Å². The van der Waals surface area contributed by atoms with Gasteiger partial charge in [-0.3, -0.25) is 4.79 Å². The van der Waals surface area contributed by atoms with Gasteiger partial charge in [-0.15, -0.1) is 11.3 Å². The Hall–Kier alpha value is -1.41. The van der Waals surface area contributed by atoms with Gasteiger partial charge in [-0.2, -0.15) is 13.2 Å². The summed E-state index contributed by atoms with van der Waals surface area (Å²) < 4.78 is 37.6. The molecule has 0 aliphatic heterocycles. The van der Waals surface area contributed by atoms with Crippen molar-refractivity contribution in [2.24, 2.45) is 0 Å². The number of nitrogens with zero attached hydrogens (tertiary/aromatic N) is 2. The zero-order valence-corrected chi connectivity index (χ0v) is 12.9. The smallest absolute Gasteiger partial charge is 0.294 e. The Bertz CT molecular complexity index is 712. The molecule has 0 radical (unpaired) electrons. The second-order valence-corrected chi connectivity index (χ2v) is 6.75. The first kappa shape index (κ1) is 15.5. The summed E-state index contributed by atoms with van der Waals surface area (Å²) in [5, 5.41) is 1.99. The lowest BCUT2D eigenvalue weighted by Crippen LogP contribution is -2.13. The molecule has 0 fully saturated rings. The van der Waals surface area contributed by atoms with Crippen molar-refractivity contribution in [1.29, 1.82) is 0 Å². The highest BCUT2D eigenvalue weighted by Crippen LogP contribution is 2.35. The molecule has 0 amide bonds. The number of thioether (sulfide) groups is 1. The van der Waals surface area contributed by atoms with Gasteiger partial charge in [0.2, 0.25) is 0 Å². The predicted molar refractivity (Wildman–Crippen MR) is 78.2 cm³/mol. The molecule has 0 bridgehead atoms. The van der Waals surface area contributed by atoms with Crippen LogP contribution in [0.15, 0.2) is 22.8 Å². The van der Waals surface area contributed by atoms with Crippen LogP contribution in [0.2, 0.25) is 0 Å². The first-order valence-corrected chi connectivity index (χ1v) is 8.46. The average Bonchev–Trinajstić information content (AvgIpc) is 2.94. The monoisotopic (exact) mass is 344 g/mol. The van der Waals surface area contributed by atoms with Gasteiger partial charge < -0.3 is 0 Å². The van der Waals surface area contributed by atoms with Crippen molar-refractivity contribution < 1.29 is 18.0 Å². The van der Waals surface area contributed by atoms with Gasteiger partial charge in [0, 0.05) is 18.4 Å². The number of carbonyl (C=O) groups excluding carboxylic acids is 1. The minimum Gasteiger partial charge on any atom is -0.294 e. The van der Waals surface area contributed by atoms with Gasteiger partial charge in [0.05, 0.1) is 11.3 Å². The number of alkyl halides is 3. The number of aryl methyl sites for hydroxylation is 1. The van der Waals surface area contributed by atoms with E-state index in [1.54, 1.807) is 0 Å². The van der Waals surface area contributed by atoms with Gasteiger partial charge >= 0.3 is 6.18 Å². The standard InChI is InChI=1S/C14H11F3N2OS2/c15-14(16,17)12-4-8(6-21-12)7-22-13-18-5-9-10(19-13)2-1-3-11(9)20/h4-6H,1-3,7H2. The Balaban J connectivity index is 1.69. The van der Waals surface area contributed by atoms with Gasteiger partial charge in [-0.25, -0.2) is 9.97 Å². The van der Waals surface area contributed by atoms with E-state index in [0.29, 0.717) is 39.8 Å². The van der Waals surface area contributed by atoms with Gasteiger partial charge in [-0.05, 0) is 29.9 Å². The number of fused-ring (bicyclic) bond motifs is 1. The van der Waals surface area contributed by atoms with Crippen molar-refractivity contribution in [1.82, 2.24) is 9.97 Å². The summed E-state index contributed by atoms with van der Waals surface area (Å²) in [5.41, 5.74) is 1.92. The lowest BCUT2D eigenvalue weighted by atomic mass is 9.96. The van der Waals surface area contributed by atoms with E-state index in [9.17, 15) is 18.0 Å². The summed E-state index contributed by atoms with van der Waals surface area (Å²) in [7, 11) is 0. The fraction of sp³-hybridized carbons (Fsp3) is 0.357. The molecule has 2 aromatic rings. The van der Waals surface area contributed by atoms with Gasteiger partial charge in [0.1, 0.15) is 4.88 Å². The summed E-state index contributed by atoms with van der Waals surface area (Å²) >= 11 is 1.97. The number of Topliss-reactive ketones (excluding diaryl/α,β-unsaturated/α-hetero) is 1. The topological polar surface area (TPSA) is 42.9 Å². The number of aromatic nitrogens is 2. The third-order valence-electron chi connectivity index (χ3n) is 3.26. The van der Waals surface area contributed by atoms with E-state index in [1.165, 1.54) is 23.3 Å². The molecule has 0 N–H and O–H groups in total. The van der Waals surface area contributed by atoms with Crippen LogP contribution in [-0.4, -0.2) is 15.8 Å². The molecule has 3 nitrogen and oxygen atoms in total. The Labute approximate surface area is 133 Å². The zero-order valence-electron chi connectivity index (χ0n) is 11.3. The minimum absolute atomic E-state index is 0.0606. The normalized spacial score (nSPS) is 15.0. The molecular weight excluding hydrogens is 333 g/mol. The van der Waals surface area contributed by atoms with Crippen molar-refractivity contribution in [3.8, 4) is 0 Å². The summed E-state index contributed by atoms with van der Waals surface area (Å²) in [6.07, 6.45) is -0.713. The fourth-order valence-electron chi connectivity index (χ4n) is 2.19.